The maximum Gasteiger partial charge on any atom is 0.244 e. The Kier molecular flexibility index (Phi) is 6.57. The van der Waals surface area contributed by atoms with E-state index in [0.29, 0.717) is 11.7 Å². The summed E-state index contributed by atoms with van der Waals surface area (Å²) in [6, 6.07) is 11.4. The molecule has 132 valence electrons. The molecule has 5 heteroatoms. The highest BCUT2D eigenvalue weighted by molar-refractivity contribution is 5.94. The molecule has 0 radical (unpaired) electrons. The second-order valence-electron chi connectivity index (χ2n) is 6.09. The minimum Gasteiger partial charge on any atom is -0.465 e. The molecule has 1 N–H and O–H groups in total. The lowest BCUT2D eigenvalue weighted by Crippen LogP contribution is -2.31. The van der Waals surface area contributed by atoms with E-state index in [1.54, 1.807) is 36.4 Å². The summed E-state index contributed by atoms with van der Waals surface area (Å²) < 4.78 is 5.11. The number of amides is 2. The molecule has 0 atom stereocenters. The normalized spacial score (nSPS) is 11.0. The predicted octanol–water partition coefficient (Wildman–Crippen LogP) is 3.59. The summed E-state index contributed by atoms with van der Waals surface area (Å²) >= 11 is 0. The summed E-state index contributed by atoms with van der Waals surface area (Å²) in [7, 11) is 1.75. The van der Waals surface area contributed by atoms with Crippen molar-refractivity contribution in [2.75, 3.05) is 18.5 Å². The maximum atomic E-state index is 12.3. The van der Waals surface area contributed by atoms with Crippen LogP contribution in [0.4, 0.5) is 5.69 Å². The van der Waals surface area contributed by atoms with Gasteiger partial charge in [0.25, 0.3) is 0 Å². The number of hydrogen-bond acceptors (Lipinski definition) is 3. The lowest BCUT2D eigenvalue weighted by Gasteiger charge is -2.19. The van der Waals surface area contributed by atoms with Crippen LogP contribution in [0.3, 0.4) is 0 Å². The fourth-order valence-corrected chi connectivity index (χ4v) is 2.30. The van der Waals surface area contributed by atoms with Crippen molar-refractivity contribution < 1.29 is 14.0 Å². The summed E-state index contributed by atoms with van der Waals surface area (Å²) in [4.78, 5) is 25.6. The van der Waals surface area contributed by atoms with E-state index in [2.05, 4.69) is 25.2 Å². The topological polar surface area (TPSA) is 62.6 Å². The summed E-state index contributed by atoms with van der Waals surface area (Å²) in [5.41, 5.74) is 2.05. The third-order valence-corrected chi connectivity index (χ3v) is 3.88. The van der Waals surface area contributed by atoms with E-state index in [1.807, 2.05) is 18.2 Å². The monoisotopic (exact) mass is 340 g/mol. The van der Waals surface area contributed by atoms with Gasteiger partial charge in [0.1, 0.15) is 5.76 Å². The second kappa shape index (κ2) is 8.87. The van der Waals surface area contributed by atoms with Crippen LogP contribution in [0.25, 0.3) is 6.08 Å². The smallest absolute Gasteiger partial charge is 0.244 e. The first-order valence-corrected chi connectivity index (χ1v) is 8.33. The number of nitrogens with one attached hydrogen (secondary N) is 1. The summed E-state index contributed by atoms with van der Waals surface area (Å²) in [5.74, 6) is 0.713. The van der Waals surface area contributed by atoms with E-state index in [9.17, 15) is 9.59 Å². The third-order valence-electron chi connectivity index (χ3n) is 3.88. The van der Waals surface area contributed by atoms with Gasteiger partial charge in [0.05, 0.1) is 6.26 Å². The van der Waals surface area contributed by atoms with Gasteiger partial charge in [-0.25, -0.2) is 0 Å². The first kappa shape index (κ1) is 18.5. The van der Waals surface area contributed by atoms with Crippen LogP contribution in [0.15, 0.2) is 53.2 Å². The van der Waals surface area contributed by atoms with Gasteiger partial charge in [-0.05, 0) is 41.8 Å². The lowest BCUT2D eigenvalue weighted by molar-refractivity contribution is -0.118. The number of furan rings is 1. The maximum absolute atomic E-state index is 12.3. The zero-order chi connectivity index (χ0) is 18.2. The molecule has 2 aromatic rings. The Hall–Kier alpha value is -2.82. The molecule has 0 aliphatic rings. The van der Waals surface area contributed by atoms with Gasteiger partial charge in [-0.1, -0.05) is 26.0 Å². The number of rotatable bonds is 7. The van der Waals surface area contributed by atoms with Crippen LogP contribution in [-0.2, 0) is 9.59 Å². The molecule has 2 rings (SSSR count). The van der Waals surface area contributed by atoms with E-state index in [1.165, 1.54) is 11.6 Å². The van der Waals surface area contributed by atoms with Crippen molar-refractivity contribution in [1.82, 2.24) is 5.32 Å². The molecular weight excluding hydrogens is 316 g/mol. The standard InChI is InChI=1S/C20H24N2O3/c1-15(2)16-6-4-7-17(14-16)22(3)20(24)11-12-21-19(23)10-9-18-8-5-13-25-18/h4-10,13-15H,11-12H2,1-3H3,(H,21,23)/b10-9+. The average Bonchev–Trinajstić information content (AvgIpc) is 3.12. The number of anilines is 1. The van der Waals surface area contributed by atoms with Crippen LogP contribution in [0, 0.1) is 0 Å². The highest BCUT2D eigenvalue weighted by atomic mass is 16.3. The highest BCUT2D eigenvalue weighted by Gasteiger charge is 2.12. The Labute approximate surface area is 148 Å². The first-order valence-electron chi connectivity index (χ1n) is 8.33. The molecule has 0 saturated carbocycles. The van der Waals surface area contributed by atoms with Gasteiger partial charge in [0.15, 0.2) is 0 Å². The largest absolute Gasteiger partial charge is 0.465 e. The molecular formula is C20H24N2O3. The number of carbonyl (C=O) groups excluding carboxylic acids is 2. The molecule has 0 bridgehead atoms. The second-order valence-corrected chi connectivity index (χ2v) is 6.09. The Morgan fingerprint density at radius 3 is 2.72 bits per heavy atom. The van der Waals surface area contributed by atoms with Gasteiger partial charge in [-0.15, -0.1) is 0 Å². The molecule has 0 aliphatic heterocycles. The SMILES string of the molecule is CC(C)c1cccc(N(C)C(=O)CCNC(=O)/C=C/c2ccco2)c1. The number of nitrogens with zero attached hydrogens (tertiary/aromatic N) is 1. The molecule has 0 fully saturated rings. The minimum atomic E-state index is -0.256. The van der Waals surface area contributed by atoms with Gasteiger partial charge in [-0.3, -0.25) is 9.59 Å². The van der Waals surface area contributed by atoms with Crippen molar-refractivity contribution >= 4 is 23.6 Å². The van der Waals surface area contributed by atoms with Crippen LogP contribution in [0.1, 0.15) is 37.5 Å². The van der Waals surface area contributed by atoms with Gasteiger partial charge in [0, 0.05) is 31.8 Å². The molecule has 0 aliphatic carbocycles. The van der Waals surface area contributed by atoms with E-state index in [4.69, 9.17) is 4.42 Å². The lowest BCUT2D eigenvalue weighted by atomic mass is 10.0. The van der Waals surface area contributed by atoms with Gasteiger partial charge < -0.3 is 14.6 Å². The average molecular weight is 340 g/mol. The van der Waals surface area contributed by atoms with Gasteiger partial charge in [0.2, 0.25) is 11.8 Å². The van der Waals surface area contributed by atoms with Crippen LogP contribution in [0.2, 0.25) is 0 Å². The molecule has 0 unspecified atom stereocenters. The number of hydrogen-bond donors (Lipinski definition) is 1. The van der Waals surface area contributed by atoms with Crippen LogP contribution >= 0.6 is 0 Å². The predicted molar refractivity (Wildman–Crippen MR) is 99.3 cm³/mol. The van der Waals surface area contributed by atoms with Crippen LogP contribution in [-0.4, -0.2) is 25.4 Å². The molecule has 1 aromatic heterocycles. The summed E-state index contributed by atoms with van der Waals surface area (Å²) in [5, 5.41) is 2.70. The third kappa shape index (κ3) is 5.64. The Balaban J connectivity index is 1.81. The molecule has 5 nitrogen and oxygen atoms in total. The van der Waals surface area contributed by atoms with Crippen molar-refractivity contribution in [2.24, 2.45) is 0 Å². The van der Waals surface area contributed by atoms with Crippen LogP contribution < -0.4 is 10.2 Å². The van der Waals surface area contributed by atoms with Crippen molar-refractivity contribution in [2.45, 2.75) is 26.2 Å². The number of benzene rings is 1. The Morgan fingerprint density at radius 2 is 2.04 bits per heavy atom. The van der Waals surface area contributed by atoms with Crippen LogP contribution in [0.5, 0.6) is 0 Å². The Morgan fingerprint density at radius 1 is 1.24 bits per heavy atom. The van der Waals surface area contributed by atoms with E-state index >= 15 is 0 Å². The van der Waals surface area contributed by atoms with Crippen molar-refractivity contribution in [3.8, 4) is 0 Å². The highest BCUT2D eigenvalue weighted by Crippen LogP contribution is 2.21. The molecule has 2 amide bonds. The Bertz CT molecular complexity index is 733. The quantitative estimate of drug-likeness (QED) is 0.784. The van der Waals surface area contributed by atoms with Crippen molar-refractivity contribution in [1.29, 1.82) is 0 Å². The van der Waals surface area contributed by atoms with E-state index in [0.717, 1.165) is 5.69 Å². The zero-order valence-corrected chi connectivity index (χ0v) is 14.9. The van der Waals surface area contributed by atoms with Gasteiger partial charge >= 0.3 is 0 Å². The number of carbonyl (C=O) groups is 2. The minimum absolute atomic E-state index is 0.0452. The zero-order valence-electron chi connectivity index (χ0n) is 14.9. The van der Waals surface area contributed by atoms with Crippen molar-refractivity contribution in [3.63, 3.8) is 0 Å². The van der Waals surface area contributed by atoms with Crippen molar-refractivity contribution in [3.05, 3.63) is 60.1 Å². The molecule has 0 saturated heterocycles. The summed E-state index contributed by atoms with van der Waals surface area (Å²) in [6.45, 7) is 4.52. The fraction of sp³-hybridized carbons (Fsp3) is 0.300. The van der Waals surface area contributed by atoms with E-state index in [-0.39, 0.29) is 24.8 Å². The molecule has 1 aromatic carbocycles. The van der Waals surface area contributed by atoms with Gasteiger partial charge in [-0.2, -0.15) is 0 Å². The molecule has 1 heterocycles. The van der Waals surface area contributed by atoms with E-state index < -0.39 is 0 Å². The first-order chi connectivity index (χ1) is 12.0. The molecule has 0 spiro atoms. The molecule has 25 heavy (non-hydrogen) atoms. The fourth-order valence-electron chi connectivity index (χ4n) is 2.30. The summed E-state index contributed by atoms with van der Waals surface area (Å²) in [6.07, 6.45) is 4.75.